The summed E-state index contributed by atoms with van der Waals surface area (Å²) in [6.07, 6.45) is 0.562. The van der Waals surface area contributed by atoms with Gasteiger partial charge >= 0.3 is 0 Å². The SMILES string of the molecule is COc1ccc(/C(O)=C2\C(=O)C(=O)N(CCCN3CCOCC3)[C@@H]2c2ccccc2[N+](=O)[O-])cc1. The van der Waals surface area contributed by atoms with Gasteiger partial charge in [-0.2, -0.15) is 0 Å². The summed E-state index contributed by atoms with van der Waals surface area (Å²) in [5, 5.41) is 22.9. The molecule has 2 aliphatic heterocycles. The number of aliphatic hydroxyl groups excluding tert-OH is 1. The summed E-state index contributed by atoms with van der Waals surface area (Å²) in [4.78, 5) is 41.0. The quantitative estimate of drug-likeness (QED) is 0.201. The highest BCUT2D eigenvalue weighted by molar-refractivity contribution is 6.46. The molecule has 2 heterocycles. The number of ether oxygens (including phenoxy) is 2. The number of nitro groups is 1. The fourth-order valence-corrected chi connectivity index (χ4v) is 4.51. The smallest absolute Gasteiger partial charge is 0.295 e. The molecule has 2 saturated heterocycles. The van der Waals surface area contributed by atoms with Gasteiger partial charge in [-0.25, -0.2) is 0 Å². The molecule has 184 valence electrons. The molecule has 0 saturated carbocycles. The van der Waals surface area contributed by atoms with Crippen molar-refractivity contribution in [2.24, 2.45) is 0 Å². The Bertz CT molecular complexity index is 1140. The Hall–Kier alpha value is -3.76. The number of morpholine rings is 1. The van der Waals surface area contributed by atoms with E-state index in [2.05, 4.69) is 4.90 Å². The van der Waals surface area contributed by atoms with Gasteiger partial charge < -0.3 is 19.5 Å². The second-order valence-electron chi connectivity index (χ2n) is 8.34. The Morgan fingerprint density at radius 2 is 1.80 bits per heavy atom. The molecule has 1 atom stereocenters. The van der Waals surface area contributed by atoms with Gasteiger partial charge in [-0.15, -0.1) is 0 Å². The lowest BCUT2D eigenvalue weighted by molar-refractivity contribution is -0.385. The molecule has 10 heteroatoms. The monoisotopic (exact) mass is 481 g/mol. The van der Waals surface area contributed by atoms with E-state index in [1.54, 1.807) is 30.3 Å². The normalized spacial score (nSPS) is 20.3. The lowest BCUT2D eigenvalue weighted by Crippen LogP contribution is -2.39. The zero-order valence-corrected chi connectivity index (χ0v) is 19.4. The number of hydrogen-bond donors (Lipinski definition) is 1. The molecule has 2 aliphatic rings. The maximum absolute atomic E-state index is 13.2. The summed E-state index contributed by atoms with van der Waals surface area (Å²) in [5.74, 6) is -1.48. The summed E-state index contributed by atoms with van der Waals surface area (Å²) >= 11 is 0. The van der Waals surface area contributed by atoms with Gasteiger partial charge in [0.05, 0.1) is 42.4 Å². The molecule has 4 rings (SSSR count). The molecule has 0 unspecified atom stereocenters. The number of para-hydroxylation sites is 1. The molecule has 0 radical (unpaired) electrons. The first-order valence-corrected chi connectivity index (χ1v) is 11.4. The van der Waals surface area contributed by atoms with Crippen LogP contribution in [-0.4, -0.2) is 78.0 Å². The van der Waals surface area contributed by atoms with Crippen LogP contribution in [0.25, 0.3) is 5.76 Å². The first-order chi connectivity index (χ1) is 16.9. The molecular weight excluding hydrogens is 454 g/mol. The van der Waals surface area contributed by atoms with Crippen molar-refractivity contribution >= 4 is 23.1 Å². The van der Waals surface area contributed by atoms with Crippen LogP contribution in [0.15, 0.2) is 54.1 Å². The van der Waals surface area contributed by atoms with E-state index in [0.717, 1.165) is 13.1 Å². The number of carbonyl (C=O) groups is 2. The van der Waals surface area contributed by atoms with Crippen LogP contribution in [-0.2, 0) is 14.3 Å². The van der Waals surface area contributed by atoms with Gasteiger partial charge in [-0.3, -0.25) is 24.6 Å². The highest BCUT2D eigenvalue weighted by Crippen LogP contribution is 2.42. The van der Waals surface area contributed by atoms with Crippen LogP contribution in [0.4, 0.5) is 5.69 Å². The number of methoxy groups -OCH3 is 1. The van der Waals surface area contributed by atoms with Crippen molar-refractivity contribution in [3.05, 3.63) is 75.3 Å². The number of aliphatic hydroxyl groups is 1. The van der Waals surface area contributed by atoms with E-state index in [1.807, 2.05) is 0 Å². The van der Waals surface area contributed by atoms with Crippen LogP contribution >= 0.6 is 0 Å². The standard InChI is InChI=1S/C25H27N3O7/c1-34-18-9-7-17(8-10-18)23(29)21-22(19-5-2-3-6-20(19)28(32)33)27(25(31)24(21)30)12-4-11-26-13-15-35-16-14-26/h2-3,5-10,22,29H,4,11-16H2,1H3/b23-21+/t22-/m1/s1. The Kier molecular flexibility index (Phi) is 7.42. The van der Waals surface area contributed by atoms with Crippen molar-refractivity contribution in [2.75, 3.05) is 46.5 Å². The first-order valence-electron chi connectivity index (χ1n) is 11.4. The van der Waals surface area contributed by atoms with Crippen LogP contribution in [0, 0.1) is 10.1 Å². The third-order valence-electron chi connectivity index (χ3n) is 6.31. The Morgan fingerprint density at radius 1 is 1.11 bits per heavy atom. The lowest BCUT2D eigenvalue weighted by atomic mass is 9.94. The van der Waals surface area contributed by atoms with Crippen LogP contribution in [0.2, 0.25) is 0 Å². The molecule has 35 heavy (non-hydrogen) atoms. The highest BCUT2D eigenvalue weighted by Gasteiger charge is 2.47. The molecule has 1 N–H and O–H groups in total. The van der Waals surface area contributed by atoms with Gasteiger partial charge in [0.15, 0.2) is 0 Å². The largest absolute Gasteiger partial charge is 0.507 e. The van der Waals surface area contributed by atoms with E-state index >= 15 is 0 Å². The molecule has 0 aromatic heterocycles. The second-order valence-corrected chi connectivity index (χ2v) is 8.34. The number of amides is 1. The van der Waals surface area contributed by atoms with Gasteiger partial charge in [0, 0.05) is 37.8 Å². The van der Waals surface area contributed by atoms with Crippen molar-refractivity contribution in [2.45, 2.75) is 12.5 Å². The molecule has 10 nitrogen and oxygen atoms in total. The average molecular weight is 482 g/mol. The van der Waals surface area contributed by atoms with Crippen LogP contribution in [0.1, 0.15) is 23.6 Å². The van der Waals surface area contributed by atoms with E-state index < -0.39 is 22.7 Å². The minimum absolute atomic E-state index is 0.166. The molecule has 2 aromatic rings. The predicted octanol–water partition coefficient (Wildman–Crippen LogP) is 2.75. The van der Waals surface area contributed by atoms with Gasteiger partial charge in [-0.1, -0.05) is 12.1 Å². The Balaban J connectivity index is 1.73. The number of nitrogens with zero attached hydrogens (tertiary/aromatic N) is 3. The fourth-order valence-electron chi connectivity index (χ4n) is 4.51. The zero-order valence-electron chi connectivity index (χ0n) is 19.4. The molecular formula is C25H27N3O7. The summed E-state index contributed by atoms with van der Waals surface area (Å²) < 4.78 is 10.5. The number of Topliss-reactive ketones (excluding diaryl/α,β-unsaturated/α-hetero) is 1. The number of rotatable bonds is 8. The van der Waals surface area contributed by atoms with E-state index in [0.29, 0.717) is 37.5 Å². The van der Waals surface area contributed by atoms with Crippen molar-refractivity contribution in [1.29, 1.82) is 0 Å². The van der Waals surface area contributed by atoms with Gasteiger partial charge in [-0.05, 0) is 36.8 Å². The minimum atomic E-state index is -1.08. The Labute approximate surface area is 202 Å². The molecule has 2 aromatic carbocycles. The number of hydrogen-bond acceptors (Lipinski definition) is 8. The fraction of sp³-hybridized carbons (Fsp3) is 0.360. The van der Waals surface area contributed by atoms with Gasteiger partial charge in [0.1, 0.15) is 11.5 Å². The zero-order chi connectivity index (χ0) is 24.9. The summed E-state index contributed by atoms with van der Waals surface area (Å²) in [6.45, 7) is 3.74. The number of likely N-dealkylation sites (tertiary alicyclic amines) is 1. The first kappa shape index (κ1) is 24.4. The topological polar surface area (TPSA) is 122 Å². The third-order valence-corrected chi connectivity index (χ3v) is 6.31. The van der Waals surface area contributed by atoms with Gasteiger partial charge in [0.2, 0.25) is 0 Å². The van der Waals surface area contributed by atoms with E-state index in [4.69, 9.17) is 9.47 Å². The van der Waals surface area contributed by atoms with E-state index in [9.17, 15) is 24.8 Å². The van der Waals surface area contributed by atoms with Crippen molar-refractivity contribution < 1.29 is 29.1 Å². The lowest BCUT2D eigenvalue weighted by Gasteiger charge is -2.29. The third kappa shape index (κ3) is 5.03. The van der Waals surface area contributed by atoms with Crippen molar-refractivity contribution in [1.82, 2.24) is 9.80 Å². The number of ketones is 1. The average Bonchev–Trinajstić information content (AvgIpc) is 3.14. The molecule has 0 spiro atoms. The number of benzene rings is 2. The Morgan fingerprint density at radius 3 is 2.46 bits per heavy atom. The summed E-state index contributed by atoms with van der Waals surface area (Å²) in [5.41, 5.74) is 0.0953. The molecule has 0 aliphatic carbocycles. The van der Waals surface area contributed by atoms with Crippen LogP contribution in [0.5, 0.6) is 5.75 Å². The summed E-state index contributed by atoms with van der Waals surface area (Å²) in [6, 6.07) is 11.3. The van der Waals surface area contributed by atoms with Crippen molar-refractivity contribution in [3.63, 3.8) is 0 Å². The molecule has 0 bridgehead atoms. The van der Waals surface area contributed by atoms with Crippen LogP contribution in [0.3, 0.4) is 0 Å². The molecule has 2 fully saturated rings. The predicted molar refractivity (Wildman–Crippen MR) is 127 cm³/mol. The van der Waals surface area contributed by atoms with E-state index in [-0.39, 0.29) is 29.1 Å². The maximum atomic E-state index is 13.2. The summed E-state index contributed by atoms with van der Waals surface area (Å²) in [7, 11) is 1.51. The maximum Gasteiger partial charge on any atom is 0.295 e. The number of nitro benzene ring substituents is 1. The minimum Gasteiger partial charge on any atom is -0.507 e. The number of carbonyl (C=O) groups excluding carboxylic acids is 2. The second kappa shape index (κ2) is 10.7. The van der Waals surface area contributed by atoms with Crippen molar-refractivity contribution in [3.8, 4) is 5.75 Å². The molecule has 1 amide bonds. The van der Waals surface area contributed by atoms with Gasteiger partial charge in [0.25, 0.3) is 17.4 Å². The highest BCUT2D eigenvalue weighted by atomic mass is 16.6. The van der Waals surface area contributed by atoms with Crippen LogP contribution < -0.4 is 4.74 Å². The van der Waals surface area contributed by atoms with E-state index in [1.165, 1.54) is 30.2 Å².